The third kappa shape index (κ3) is 4.13. The van der Waals surface area contributed by atoms with Crippen LogP contribution in [0.15, 0.2) is 30.3 Å². The van der Waals surface area contributed by atoms with Crippen LogP contribution in [0.1, 0.15) is 12.8 Å². The summed E-state index contributed by atoms with van der Waals surface area (Å²) < 4.78 is 5.63. The first-order valence-corrected chi connectivity index (χ1v) is 6.39. The van der Waals surface area contributed by atoms with Crippen molar-refractivity contribution < 1.29 is 9.53 Å². The quantitative estimate of drug-likeness (QED) is 0.882. The number of ether oxygens (including phenoxy) is 1. The number of piperidine rings is 1. The topological polar surface area (TPSA) is 41.6 Å². The van der Waals surface area contributed by atoms with Crippen molar-refractivity contribution in [3.8, 4) is 0 Å². The molecule has 1 aliphatic rings. The average Bonchev–Trinajstić information content (AvgIpc) is 2.39. The van der Waals surface area contributed by atoms with Crippen LogP contribution in [0.5, 0.6) is 0 Å². The van der Waals surface area contributed by atoms with Gasteiger partial charge in [-0.25, -0.2) is 0 Å². The third-order valence-electron chi connectivity index (χ3n) is 3.17. The number of amides is 1. The van der Waals surface area contributed by atoms with Crippen molar-refractivity contribution in [2.24, 2.45) is 0 Å². The molecular formula is C14H20N2O2. The van der Waals surface area contributed by atoms with Gasteiger partial charge in [0.2, 0.25) is 5.91 Å². The number of likely N-dealkylation sites (tertiary alicyclic amines) is 1. The van der Waals surface area contributed by atoms with Crippen LogP contribution in [0.25, 0.3) is 0 Å². The Morgan fingerprint density at radius 3 is 2.67 bits per heavy atom. The first-order valence-electron chi connectivity index (χ1n) is 6.39. The van der Waals surface area contributed by atoms with Crippen LogP contribution in [0.2, 0.25) is 0 Å². The van der Waals surface area contributed by atoms with Crippen LogP contribution in [-0.4, -0.2) is 43.7 Å². The summed E-state index contributed by atoms with van der Waals surface area (Å²) in [6, 6.07) is 9.45. The van der Waals surface area contributed by atoms with Crippen LogP contribution >= 0.6 is 0 Å². The van der Waals surface area contributed by atoms with Crippen molar-refractivity contribution in [2.75, 3.05) is 32.1 Å². The molecule has 1 fully saturated rings. The summed E-state index contributed by atoms with van der Waals surface area (Å²) in [4.78, 5) is 14.0. The second-order valence-electron chi connectivity index (χ2n) is 4.73. The van der Waals surface area contributed by atoms with Gasteiger partial charge in [-0.1, -0.05) is 18.2 Å². The molecule has 1 saturated heterocycles. The second-order valence-corrected chi connectivity index (χ2v) is 4.73. The van der Waals surface area contributed by atoms with Crippen LogP contribution < -0.4 is 5.32 Å². The number of benzene rings is 1. The Bertz CT molecular complexity index is 373. The monoisotopic (exact) mass is 248 g/mol. The number of nitrogens with one attached hydrogen (secondary N) is 1. The molecule has 0 aliphatic carbocycles. The molecule has 1 aliphatic heterocycles. The third-order valence-corrected chi connectivity index (χ3v) is 3.17. The molecule has 2 rings (SSSR count). The lowest BCUT2D eigenvalue weighted by Gasteiger charge is -2.28. The van der Waals surface area contributed by atoms with Gasteiger partial charge in [-0.15, -0.1) is 0 Å². The zero-order valence-electron chi connectivity index (χ0n) is 10.8. The average molecular weight is 248 g/mol. The van der Waals surface area contributed by atoms with Crippen molar-refractivity contribution >= 4 is 11.6 Å². The van der Waals surface area contributed by atoms with E-state index < -0.39 is 0 Å². The van der Waals surface area contributed by atoms with Gasteiger partial charge >= 0.3 is 0 Å². The van der Waals surface area contributed by atoms with Gasteiger partial charge in [0, 0.05) is 18.8 Å². The van der Waals surface area contributed by atoms with E-state index in [1.165, 1.54) is 0 Å². The second kappa shape index (κ2) is 6.52. The van der Waals surface area contributed by atoms with Gasteiger partial charge in [0.1, 0.15) is 6.61 Å². The van der Waals surface area contributed by atoms with E-state index in [2.05, 4.69) is 17.3 Å². The summed E-state index contributed by atoms with van der Waals surface area (Å²) in [7, 11) is 2.11. The number of hydrogen-bond acceptors (Lipinski definition) is 3. The molecule has 1 aromatic rings. The molecule has 1 amide bonds. The molecule has 1 N–H and O–H groups in total. The minimum absolute atomic E-state index is 0.0832. The Labute approximate surface area is 108 Å². The van der Waals surface area contributed by atoms with Crippen LogP contribution in [-0.2, 0) is 9.53 Å². The minimum atomic E-state index is -0.0832. The molecule has 0 spiro atoms. The largest absolute Gasteiger partial charge is 0.368 e. The molecule has 0 saturated carbocycles. The van der Waals surface area contributed by atoms with Crippen molar-refractivity contribution in [1.82, 2.24) is 4.90 Å². The van der Waals surface area contributed by atoms with Crippen molar-refractivity contribution in [3.05, 3.63) is 30.3 Å². The van der Waals surface area contributed by atoms with E-state index in [0.29, 0.717) is 0 Å². The van der Waals surface area contributed by atoms with Gasteiger partial charge in [-0.2, -0.15) is 0 Å². The van der Waals surface area contributed by atoms with Gasteiger partial charge in [0.15, 0.2) is 0 Å². The number of rotatable bonds is 4. The molecule has 0 unspecified atom stereocenters. The normalized spacial score (nSPS) is 17.6. The molecule has 1 heterocycles. The Kier molecular flexibility index (Phi) is 4.73. The van der Waals surface area contributed by atoms with E-state index in [1.807, 2.05) is 30.3 Å². The maximum Gasteiger partial charge on any atom is 0.250 e. The summed E-state index contributed by atoms with van der Waals surface area (Å²) in [5, 5.41) is 2.82. The lowest BCUT2D eigenvalue weighted by atomic mass is 10.1. The molecule has 0 radical (unpaired) electrons. The molecule has 0 bridgehead atoms. The smallest absolute Gasteiger partial charge is 0.250 e. The minimum Gasteiger partial charge on any atom is -0.368 e. The lowest BCUT2D eigenvalue weighted by molar-refractivity contribution is -0.123. The number of carbonyl (C=O) groups excluding carboxylic acids is 1. The van der Waals surface area contributed by atoms with Gasteiger partial charge in [-0.3, -0.25) is 4.79 Å². The maximum absolute atomic E-state index is 11.7. The molecule has 1 aromatic carbocycles. The summed E-state index contributed by atoms with van der Waals surface area (Å²) in [5.41, 5.74) is 0.814. The summed E-state index contributed by atoms with van der Waals surface area (Å²) in [6.07, 6.45) is 2.24. The lowest BCUT2D eigenvalue weighted by Crippen LogP contribution is -2.35. The highest BCUT2D eigenvalue weighted by molar-refractivity contribution is 5.91. The van der Waals surface area contributed by atoms with E-state index in [1.54, 1.807) is 0 Å². The number of nitrogens with zero attached hydrogens (tertiary/aromatic N) is 1. The maximum atomic E-state index is 11.7. The fourth-order valence-electron chi connectivity index (χ4n) is 2.06. The molecule has 98 valence electrons. The SMILES string of the molecule is CN1CCC(OCC(=O)Nc2ccccc2)CC1. The van der Waals surface area contributed by atoms with Crippen molar-refractivity contribution in [3.63, 3.8) is 0 Å². The van der Waals surface area contributed by atoms with E-state index in [0.717, 1.165) is 31.6 Å². The standard InChI is InChI=1S/C14H20N2O2/c1-16-9-7-13(8-10-16)18-11-14(17)15-12-5-3-2-4-6-12/h2-6,13H,7-11H2,1H3,(H,15,17). The number of para-hydroxylation sites is 1. The summed E-state index contributed by atoms with van der Waals surface area (Å²) >= 11 is 0. The van der Waals surface area contributed by atoms with Gasteiger partial charge < -0.3 is 15.0 Å². The number of anilines is 1. The van der Waals surface area contributed by atoms with Crippen LogP contribution in [0.3, 0.4) is 0 Å². The predicted molar refractivity (Wildman–Crippen MR) is 71.5 cm³/mol. The number of hydrogen-bond donors (Lipinski definition) is 1. The van der Waals surface area contributed by atoms with E-state index >= 15 is 0 Å². The summed E-state index contributed by atoms with van der Waals surface area (Å²) in [5.74, 6) is -0.0832. The van der Waals surface area contributed by atoms with Crippen LogP contribution in [0, 0.1) is 0 Å². The molecule has 18 heavy (non-hydrogen) atoms. The van der Waals surface area contributed by atoms with E-state index in [-0.39, 0.29) is 18.6 Å². The molecule has 0 atom stereocenters. The fraction of sp³-hybridized carbons (Fsp3) is 0.500. The van der Waals surface area contributed by atoms with E-state index in [4.69, 9.17) is 4.74 Å². The van der Waals surface area contributed by atoms with Crippen LogP contribution in [0.4, 0.5) is 5.69 Å². The first kappa shape index (κ1) is 13.1. The number of carbonyl (C=O) groups is 1. The summed E-state index contributed by atoms with van der Waals surface area (Å²) in [6.45, 7) is 2.24. The predicted octanol–water partition coefficient (Wildman–Crippen LogP) is 1.74. The highest BCUT2D eigenvalue weighted by atomic mass is 16.5. The Balaban J connectivity index is 1.69. The van der Waals surface area contributed by atoms with E-state index in [9.17, 15) is 4.79 Å². The zero-order valence-corrected chi connectivity index (χ0v) is 10.8. The zero-order chi connectivity index (χ0) is 12.8. The van der Waals surface area contributed by atoms with Crippen molar-refractivity contribution in [1.29, 1.82) is 0 Å². The van der Waals surface area contributed by atoms with Gasteiger partial charge in [0.25, 0.3) is 0 Å². The highest BCUT2D eigenvalue weighted by Gasteiger charge is 2.17. The Morgan fingerprint density at radius 2 is 2.00 bits per heavy atom. The fourth-order valence-corrected chi connectivity index (χ4v) is 2.06. The molecule has 4 heteroatoms. The van der Waals surface area contributed by atoms with Crippen molar-refractivity contribution in [2.45, 2.75) is 18.9 Å². The highest BCUT2D eigenvalue weighted by Crippen LogP contribution is 2.12. The Hall–Kier alpha value is -1.39. The molecular weight excluding hydrogens is 228 g/mol. The van der Waals surface area contributed by atoms with Gasteiger partial charge in [0.05, 0.1) is 6.10 Å². The molecule has 0 aromatic heterocycles. The Morgan fingerprint density at radius 1 is 1.33 bits per heavy atom. The van der Waals surface area contributed by atoms with Gasteiger partial charge in [-0.05, 0) is 32.0 Å². The molecule has 4 nitrogen and oxygen atoms in total. The first-order chi connectivity index (χ1) is 8.74.